The quantitative estimate of drug-likeness (QED) is 0.822. The highest BCUT2D eigenvalue weighted by molar-refractivity contribution is 5.79. The average molecular weight is 266 g/mol. The van der Waals surface area contributed by atoms with Gasteiger partial charge in [0, 0.05) is 12.0 Å². The molecule has 0 bridgehead atoms. The zero-order valence-electron chi connectivity index (χ0n) is 12.4. The molecule has 0 spiro atoms. The molecule has 2 aliphatic carbocycles. The highest BCUT2D eigenvalue weighted by atomic mass is 16.2. The lowest BCUT2D eigenvalue weighted by atomic mass is 9.78. The van der Waals surface area contributed by atoms with E-state index in [1.54, 1.807) is 0 Å². The first-order valence-electron chi connectivity index (χ1n) is 8.22. The van der Waals surface area contributed by atoms with Gasteiger partial charge in [0.1, 0.15) is 0 Å². The van der Waals surface area contributed by atoms with Crippen LogP contribution < -0.4 is 11.1 Å². The molecule has 0 aliphatic heterocycles. The molecule has 2 aliphatic rings. The van der Waals surface area contributed by atoms with Gasteiger partial charge in [0.25, 0.3) is 0 Å². The van der Waals surface area contributed by atoms with Gasteiger partial charge < -0.3 is 11.1 Å². The van der Waals surface area contributed by atoms with Crippen molar-refractivity contribution in [2.75, 3.05) is 6.54 Å². The molecule has 0 saturated heterocycles. The van der Waals surface area contributed by atoms with Crippen molar-refractivity contribution in [1.82, 2.24) is 5.32 Å². The lowest BCUT2D eigenvalue weighted by Crippen LogP contribution is -2.45. The molecule has 1 amide bonds. The maximum absolute atomic E-state index is 12.5. The Bertz CT molecular complexity index is 286. The monoisotopic (exact) mass is 266 g/mol. The molecule has 0 aromatic rings. The molecule has 0 radical (unpaired) electrons. The minimum Gasteiger partial charge on any atom is -0.353 e. The molecule has 2 saturated carbocycles. The van der Waals surface area contributed by atoms with Crippen LogP contribution in [-0.4, -0.2) is 18.5 Å². The maximum Gasteiger partial charge on any atom is 0.223 e. The molecule has 2 fully saturated rings. The number of amides is 1. The fourth-order valence-corrected chi connectivity index (χ4v) is 3.92. The molecular weight excluding hydrogens is 236 g/mol. The van der Waals surface area contributed by atoms with Crippen LogP contribution in [0.3, 0.4) is 0 Å². The second kappa shape index (κ2) is 7.28. The molecule has 2 unspecified atom stereocenters. The van der Waals surface area contributed by atoms with E-state index in [1.807, 2.05) is 0 Å². The summed E-state index contributed by atoms with van der Waals surface area (Å²) in [5.41, 5.74) is 5.83. The molecule has 3 atom stereocenters. The molecule has 0 aromatic carbocycles. The van der Waals surface area contributed by atoms with E-state index in [4.69, 9.17) is 5.73 Å². The highest BCUT2D eigenvalue weighted by Gasteiger charge is 2.31. The average Bonchev–Trinajstić information content (AvgIpc) is 2.48. The molecule has 3 heteroatoms. The van der Waals surface area contributed by atoms with E-state index in [-0.39, 0.29) is 11.8 Å². The summed E-state index contributed by atoms with van der Waals surface area (Å²) in [6.45, 7) is 2.85. The van der Waals surface area contributed by atoms with Crippen LogP contribution in [0.25, 0.3) is 0 Å². The minimum absolute atomic E-state index is 0.171. The van der Waals surface area contributed by atoms with Crippen molar-refractivity contribution in [2.45, 2.75) is 70.8 Å². The smallest absolute Gasteiger partial charge is 0.223 e. The van der Waals surface area contributed by atoms with E-state index in [0.29, 0.717) is 24.4 Å². The second-order valence-corrected chi connectivity index (χ2v) is 6.58. The lowest BCUT2D eigenvalue weighted by molar-refractivity contribution is -0.128. The second-order valence-electron chi connectivity index (χ2n) is 6.58. The summed E-state index contributed by atoms with van der Waals surface area (Å²) in [6, 6.07) is 0.341. The predicted octanol–water partition coefficient (Wildman–Crippen LogP) is 2.84. The Labute approximate surface area is 117 Å². The summed E-state index contributed by atoms with van der Waals surface area (Å²) in [5, 5.41) is 3.29. The third-order valence-electron chi connectivity index (χ3n) is 5.28. The lowest BCUT2D eigenvalue weighted by Gasteiger charge is -2.33. The Morgan fingerprint density at radius 3 is 2.42 bits per heavy atom. The van der Waals surface area contributed by atoms with Crippen molar-refractivity contribution in [1.29, 1.82) is 0 Å². The van der Waals surface area contributed by atoms with Crippen molar-refractivity contribution >= 4 is 5.91 Å². The Balaban J connectivity index is 1.84. The molecule has 19 heavy (non-hydrogen) atoms. The van der Waals surface area contributed by atoms with Crippen molar-refractivity contribution in [3.05, 3.63) is 0 Å². The molecular formula is C16H30N2O. The highest BCUT2D eigenvalue weighted by Crippen LogP contribution is 2.31. The Morgan fingerprint density at radius 2 is 1.74 bits per heavy atom. The zero-order chi connectivity index (χ0) is 13.7. The van der Waals surface area contributed by atoms with Crippen LogP contribution in [0.1, 0.15) is 64.7 Å². The number of rotatable bonds is 4. The van der Waals surface area contributed by atoms with Crippen LogP contribution in [0.4, 0.5) is 0 Å². The van der Waals surface area contributed by atoms with Crippen molar-refractivity contribution in [2.24, 2.45) is 23.5 Å². The first kappa shape index (κ1) is 14.8. The summed E-state index contributed by atoms with van der Waals surface area (Å²) < 4.78 is 0. The van der Waals surface area contributed by atoms with Gasteiger partial charge in [0.05, 0.1) is 0 Å². The number of hydrogen-bond donors (Lipinski definition) is 2. The number of nitrogens with two attached hydrogens (primary N) is 1. The summed E-state index contributed by atoms with van der Waals surface area (Å²) in [4.78, 5) is 12.5. The number of carbonyl (C=O) groups excluding carboxylic acids is 1. The molecule has 2 rings (SSSR count). The van der Waals surface area contributed by atoms with Gasteiger partial charge in [0.2, 0.25) is 5.91 Å². The van der Waals surface area contributed by atoms with Gasteiger partial charge in [0.15, 0.2) is 0 Å². The summed E-state index contributed by atoms with van der Waals surface area (Å²) >= 11 is 0. The van der Waals surface area contributed by atoms with Crippen LogP contribution in [-0.2, 0) is 4.79 Å². The largest absolute Gasteiger partial charge is 0.353 e. The van der Waals surface area contributed by atoms with E-state index >= 15 is 0 Å². The standard InChI is InChI=1S/C16H30N2O/c1-12(13-7-3-2-4-8-13)18-16(19)15-10-6-5-9-14(15)11-17/h12-15H,2-11,17H2,1H3,(H,18,19)/t12-,14?,15?/m0/s1. The van der Waals surface area contributed by atoms with E-state index < -0.39 is 0 Å². The topological polar surface area (TPSA) is 55.1 Å². The summed E-state index contributed by atoms with van der Waals surface area (Å²) in [6.07, 6.45) is 11.2. The minimum atomic E-state index is 0.171. The number of hydrogen-bond acceptors (Lipinski definition) is 2. The van der Waals surface area contributed by atoms with E-state index in [9.17, 15) is 4.79 Å². The van der Waals surface area contributed by atoms with Crippen LogP contribution in [0.15, 0.2) is 0 Å². The van der Waals surface area contributed by atoms with Gasteiger partial charge in [-0.3, -0.25) is 4.79 Å². The van der Waals surface area contributed by atoms with Gasteiger partial charge in [-0.15, -0.1) is 0 Å². The molecule has 0 aromatic heterocycles. The predicted molar refractivity (Wildman–Crippen MR) is 78.7 cm³/mol. The van der Waals surface area contributed by atoms with Gasteiger partial charge >= 0.3 is 0 Å². The fraction of sp³-hybridized carbons (Fsp3) is 0.938. The van der Waals surface area contributed by atoms with Crippen LogP contribution in [0.5, 0.6) is 0 Å². The van der Waals surface area contributed by atoms with Crippen molar-refractivity contribution in [3.63, 3.8) is 0 Å². The maximum atomic E-state index is 12.5. The van der Waals surface area contributed by atoms with Gasteiger partial charge in [-0.2, -0.15) is 0 Å². The molecule has 3 nitrogen and oxygen atoms in total. The van der Waals surface area contributed by atoms with Gasteiger partial charge in [-0.1, -0.05) is 32.1 Å². The van der Waals surface area contributed by atoms with Gasteiger partial charge in [-0.05, 0) is 51.0 Å². The summed E-state index contributed by atoms with van der Waals surface area (Å²) in [7, 11) is 0. The van der Waals surface area contributed by atoms with E-state index in [0.717, 1.165) is 12.8 Å². The Morgan fingerprint density at radius 1 is 1.11 bits per heavy atom. The first-order valence-corrected chi connectivity index (χ1v) is 8.22. The molecule has 3 N–H and O–H groups in total. The first-order chi connectivity index (χ1) is 9.22. The van der Waals surface area contributed by atoms with E-state index in [1.165, 1.54) is 44.9 Å². The fourth-order valence-electron chi connectivity index (χ4n) is 3.92. The Hall–Kier alpha value is -0.570. The third-order valence-corrected chi connectivity index (χ3v) is 5.28. The third kappa shape index (κ3) is 3.95. The van der Waals surface area contributed by atoms with E-state index in [2.05, 4.69) is 12.2 Å². The molecule has 110 valence electrons. The van der Waals surface area contributed by atoms with Crippen LogP contribution >= 0.6 is 0 Å². The van der Waals surface area contributed by atoms with Gasteiger partial charge in [-0.25, -0.2) is 0 Å². The molecule has 0 heterocycles. The normalized spacial score (nSPS) is 30.8. The van der Waals surface area contributed by atoms with Crippen LogP contribution in [0, 0.1) is 17.8 Å². The SMILES string of the molecule is C[C@H](NC(=O)C1CCCCC1CN)C1CCCCC1. The van der Waals surface area contributed by atoms with Crippen LogP contribution in [0.2, 0.25) is 0 Å². The number of nitrogens with one attached hydrogen (secondary N) is 1. The van der Waals surface area contributed by atoms with Crippen molar-refractivity contribution in [3.8, 4) is 0 Å². The van der Waals surface area contributed by atoms with Crippen molar-refractivity contribution < 1.29 is 4.79 Å². The zero-order valence-corrected chi connectivity index (χ0v) is 12.4. The number of carbonyl (C=O) groups is 1. The Kier molecular flexibility index (Phi) is 5.68. The summed E-state index contributed by atoms with van der Waals surface area (Å²) in [5.74, 6) is 1.54.